The Kier molecular flexibility index (Phi) is 2.39. The summed E-state index contributed by atoms with van der Waals surface area (Å²) < 4.78 is 0. The molecule has 4 N–H and O–H groups in total. The summed E-state index contributed by atoms with van der Waals surface area (Å²) >= 11 is 0. The molecule has 0 aliphatic heterocycles. The van der Waals surface area contributed by atoms with E-state index in [1.807, 2.05) is 12.1 Å². The van der Waals surface area contributed by atoms with Gasteiger partial charge in [-0.25, -0.2) is 0 Å². The molecule has 0 heterocycles. The van der Waals surface area contributed by atoms with Gasteiger partial charge in [0, 0.05) is 5.69 Å². The Balaban J connectivity index is 2.32. The quantitative estimate of drug-likeness (QED) is 0.738. The van der Waals surface area contributed by atoms with Gasteiger partial charge in [-0.1, -0.05) is 13.0 Å². The molecule has 1 aliphatic rings. The number of carbonyl (C=O) groups is 1. The maximum atomic E-state index is 11.1. The Hall–Kier alpha value is -1.51. The predicted octanol–water partition coefficient (Wildman–Crippen LogP) is 1.88. The van der Waals surface area contributed by atoms with Crippen LogP contribution in [0.1, 0.15) is 41.6 Å². The Labute approximate surface area is 89.5 Å². The van der Waals surface area contributed by atoms with Gasteiger partial charge in [0.2, 0.25) is 0 Å². The largest absolute Gasteiger partial charge is 0.398 e. The molecule has 1 atom stereocenters. The number of carbonyl (C=O) groups excluding carboxylic acids is 1. The average Bonchev–Trinajstić information content (AvgIpc) is 3.00. The third kappa shape index (κ3) is 1.96. The van der Waals surface area contributed by atoms with Gasteiger partial charge in [-0.05, 0) is 42.4 Å². The third-order valence-corrected chi connectivity index (χ3v) is 3.20. The van der Waals surface area contributed by atoms with E-state index in [1.54, 1.807) is 6.07 Å². The first-order valence-corrected chi connectivity index (χ1v) is 5.29. The number of rotatable bonds is 3. The molecule has 3 nitrogen and oxygen atoms in total. The minimum Gasteiger partial charge on any atom is -0.398 e. The average molecular weight is 204 g/mol. The van der Waals surface area contributed by atoms with E-state index in [0.717, 1.165) is 5.92 Å². The van der Waals surface area contributed by atoms with Gasteiger partial charge in [0.15, 0.2) is 0 Å². The first kappa shape index (κ1) is 10.0. The van der Waals surface area contributed by atoms with Gasteiger partial charge in [-0.3, -0.25) is 4.79 Å². The lowest BCUT2D eigenvalue weighted by atomic mass is 9.94. The number of nitrogens with two attached hydrogens (primary N) is 2. The highest BCUT2D eigenvalue weighted by molar-refractivity contribution is 5.98. The van der Waals surface area contributed by atoms with Crippen molar-refractivity contribution in [2.24, 2.45) is 11.7 Å². The zero-order valence-corrected chi connectivity index (χ0v) is 8.86. The molecule has 0 spiro atoms. The molecule has 1 unspecified atom stereocenters. The van der Waals surface area contributed by atoms with Crippen molar-refractivity contribution < 1.29 is 4.79 Å². The van der Waals surface area contributed by atoms with E-state index in [-0.39, 0.29) is 0 Å². The van der Waals surface area contributed by atoms with Crippen molar-refractivity contribution in [1.29, 1.82) is 0 Å². The topological polar surface area (TPSA) is 69.1 Å². The molecule has 0 bridgehead atoms. The number of nitrogen functional groups attached to an aromatic ring is 1. The van der Waals surface area contributed by atoms with Crippen molar-refractivity contribution >= 4 is 11.6 Å². The van der Waals surface area contributed by atoms with Crippen LogP contribution >= 0.6 is 0 Å². The highest BCUT2D eigenvalue weighted by Gasteiger charge is 2.29. The van der Waals surface area contributed by atoms with E-state index in [9.17, 15) is 4.79 Å². The summed E-state index contributed by atoms with van der Waals surface area (Å²) in [7, 11) is 0. The molecule has 0 aromatic heterocycles. The maximum Gasteiger partial charge on any atom is 0.250 e. The summed E-state index contributed by atoms with van der Waals surface area (Å²) in [4.78, 5) is 11.1. The van der Waals surface area contributed by atoms with Gasteiger partial charge in [0.05, 0.1) is 5.56 Å². The molecule has 1 fully saturated rings. The van der Waals surface area contributed by atoms with Crippen LogP contribution in [0.5, 0.6) is 0 Å². The minimum absolute atomic E-state index is 0.444. The van der Waals surface area contributed by atoms with E-state index in [0.29, 0.717) is 17.2 Å². The molecular formula is C12H16N2O. The number of benzene rings is 1. The smallest absolute Gasteiger partial charge is 0.250 e. The van der Waals surface area contributed by atoms with Crippen LogP contribution in [-0.2, 0) is 0 Å². The summed E-state index contributed by atoms with van der Waals surface area (Å²) in [6.07, 6.45) is 2.58. The molecule has 80 valence electrons. The van der Waals surface area contributed by atoms with E-state index < -0.39 is 5.91 Å². The summed E-state index contributed by atoms with van der Waals surface area (Å²) in [6, 6.07) is 5.60. The molecule has 1 saturated carbocycles. The van der Waals surface area contributed by atoms with Crippen molar-refractivity contribution in [3.8, 4) is 0 Å². The summed E-state index contributed by atoms with van der Waals surface area (Å²) in [6.45, 7) is 2.19. The highest BCUT2D eigenvalue weighted by atomic mass is 16.1. The second-order valence-electron chi connectivity index (χ2n) is 4.34. The number of hydrogen-bond acceptors (Lipinski definition) is 2. The number of anilines is 1. The normalized spacial score (nSPS) is 17.4. The molecular weight excluding hydrogens is 188 g/mol. The fraction of sp³-hybridized carbons (Fsp3) is 0.417. The molecule has 0 saturated heterocycles. The molecule has 1 amide bonds. The maximum absolute atomic E-state index is 11.1. The van der Waals surface area contributed by atoms with Crippen LogP contribution in [0.25, 0.3) is 0 Å². The van der Waals surface area contributed by atoms with Crippen molar-refractivity contribution in [2.75, 3.05) is 5.73 Å². The van der Waals surface area contributed by atoms with Crippen LogP contribution in [0.4, 0.5) is 5.69 Å². The summed E-state index contributed by atoms with van der Waals surface area (Å²) in [5, 5.41) is 0. The van der Waals surface area contributed by atoms with E-state index >= 15 is 0 Å². The first-order chi connectivity index (χ1) is 7.09. The fourth-order valence-corrected chi connectivity index (χ4v) is 1.94. The SMILES string of the molecule is CC(c1ccc(N)c(C(N)=O)c1)C1CC1. The summed E-state index contributed by atoms with van der Waals surface area (Å²) in [5.74, 6) is 0.829. The Morgan fingerprint density at radius 1 is 1.47 bits per heavy atom. The number of primary amides is 1. The Morgan fingerprint density at radius 2 is 2.13 bits per heavy atom. The Morgan fingerprint density at radius 3 is 2.67 bits per heavy atom. The van der Waals surface area contributed by atoms with E-state index in [2.05, 4.69) is 6.92 Å². The second kappa shape index (κ2) is 3.57. The van der Waals surface area contributed by atoms with Crippen molar-refractivity contribution in [3.63, 3.8) is 0 Å². The molecule has 1 aromatic carbocycles. The van der Waals surface area contributed by atoms with Crippen LogP contribution in [0.15, 0.2) is 18.2 Å². The van der Waals surface area contributed by atoms with Crippen LogP contribution in [0.2, 0.25) is 0 Å². The molecule has 15 heavy (non-hydrogen) atoms. The standard InChI is InChI=1S/C12H16N2O/c1-7(8-2-3-8)9-4-5-11(13)10(6-9)12(14)15/h4-8H,2-3,13H2,1H3,(H2,14,15). The van der Waals surface area contributed by atoms with Crippen LogP contribution in [0, 0.1) is 5.92 Å². The van der Waals surface area contributed by atoms with Crippen LogP contribution in [0.3, 0.4) is 0 Å². The van der Waals surface area contributed by atoms with Crippen molar-refractivity contribution in [3.05, 3.63) is 29.3 Å². The lowest BCUT2D eigenvalue weighted by Crippen LogP contribution is -2.14. The van der Waals surface area contributed by atoms with Crippen LogP contribution in [-0.4, -0.2) is 5.91 Å². The molecule has 1 aliphatic carbocycles. The van der Waals surface area contributed by atoms with Gasteiger partial charge in [-0.15, -0.1) is 0 Å². The van der Waals surface area contributed by atoms with Gasteiger partial charge in [0.25, 0.3) is 5.91 Å². The monoisotopic (exact) mass is 204 g/mol. The lowest BCUT2D eigenvalue weighted by Gasteiger charge is -2.12. The second-order valence-corrected chi connectivity index (χ2v) is 4.34. The zero-order chi connectivity index (χ0) is 11.0. The highest BCUT2D eigenvalue weighted by Crippen LogP contribution is 2.42. The molecule has 3 heteroatoms. The van der Waals surface area contributed by atoms with Crippen molar-refractivity contribution in [1.82, 2.24) is 0 Å². The number of amides is 1. The van der Waals surface area contributed by atoms with Gasteiger partial charge in [-0.2, -0.15) is 0 Å². The summed E-state index contributed by atoms with van der Waals surface area (Å²) in [5.41, 5.74) is 13.0. The van der Waals surface area contributed by atoms with E-state index in [4.69, 9.17) is 11.5 Å². The Bertz CT molecular complexity index is 397. The lowest BCUT2D eigenvalue weighted by molar-refractivity contribution is 0.100. The fourth-order valence-electron chi connectivity index (χ4n) is 1.94. The predicted molar refractivity (Wildman–Crippen MR) is 60.5 cm³/mol. The van der Waals surface area contributed by atoms with Crippen molar-refractivity contribution in [2.45, 2.75) is 25.7 Å². The van der Waals surface area contributed by atoms with Crippen LogP contribution < -0.4 is 11.5 Å². The first-order valence-electron chi connectivity index (χ1n) is 5.29. The van der Waals surface area contributed by atoms with Gasteiger partial charge < -0.3 is 11.5 Å². The zero-order valence-electron chi connectivity index (χ0n) is 8.86. The third-order valence-electron chi connectivity index (χ3n) is 3.20. The molecule has 1 aromatic rings. The van der Waals surface area contributed by atoms with E-state index in [1.165, 1.54) is 18.4 Å². The van der Waals surface area contributed by atoms with Gasteiger partial charge >= 0.3 is 0 Å². The van der Waals surface area contributed by atoms with Gasteiger partial charge in [0.1, 0.15) is 0 Å². The molecule has 2 rings (SSSR count). The molecule has 0 radical (unpaired) electrons. The number of hydrogen-bond donors (Lipinski definition) is 2. The minimum atomic E-state index is -0.447.